The quantitative estimate of drug-likeness (QED) is 0.667. The Labute approximate surface area is 186 Å². The summed E-state index contributed by atoms with van der Waals surface area (Å²) in [6.07, 6.45) is -0.233. The van der Waals surface area contributed by atoms with Gasteiger partial charge in [-0.3, -0.25) is 14.4 Å². The third-order valence-corrected chi connectivity index (χ3v) is 4.98. The molecule has 0 saturated carbocycles. The molecule has 1 atom stereocenters. The molecule has 0 aromatic heterocycles. The zero-order valence-corrected chi connectivity index (χ0v) is 18.3. The number of amides is 2. The first kappa shape index (κ1) is 23.0. The Balaban J connectivity index is 1.53. The molecular weight excluding hydrogens is 412 g/mol. The van der Waals surface area contributed by atoms with E-state index < -0.39 is 30.4 Å². The van der Waals surface area contributed by atoms with Crippen LogP contribution >= 0.6 is 0 Å². The maximum absolute atomic E-state index is 12.4. The number of ether oxygens (including phenoxy) is 2. The molecule has 2 amide bonds. The Morgan fingerprint density at radius 3 is 2.44 bits per heavy atom. The van der Waals surface area contributed by atoms with Crippen molar-refractivity contribution in [3.63, 3.8) is 0 Å². The van der Waals surface area contributed by atoms with Crippen LogP contribution in [0.15, 0.2) is 48.5 Å². The average Bonchev–Trinajstić information content (AvgIpc) is 3.15. The fourth-order valence-corrected chi connectivity index (χ4v) is 3.33. The van der Waals surface area contributed by atoms with Gasteiger partial charge in [-0.05, 0) is 56.7 Å². The van der Waals surface area contributed by atoms with Crippen LogP contribution < -0.4 is 10.2 Å². The zero-order chi connectivity index (χ0) is 23.3. The average molecular weight is 438 g/mol. The lowest BCUT2D eigenvalue weighted by Crippen LogP contribution is -2.28. The van der Waals surface area contributed by atoms with Gasteiger partial charge in [-0.1, -0.05) is 18.2 Å². The molecule has 1 N–H and O–H groups in total. The van der Waals surface area contributed by atoms with Crippen molar-refractivity contribution in [2.45, 2.75) is 33.3 Å². The number of carbonyl (C=O) groups is 4. The second kappa shape index (κ2) is 10.1. The SMILES string of the molecule is Cc1ccccc1NC(=O)COC(=O)[C@@H]1CC(=O)N(c2ccc(C(=O)OC(C)C)cc2)C1. The predicted octanol–water partition coefficient (Wildman–Crippen LogP) is 3.10. The van der Waals surface area contributed by atoms with E-state index >= 15 is 0 Å². The van der Waals surface area contributed by atoms with Crippen LogP contribution in [-0.2, 0) is 23.9 Å². The van der Waals surface area contributed by atoms with Crippen LogP contribution in [-0.4, -0.2) is 43.0 Å². The highest BCUT2D eigenvalue weighted by atomic mass is 16.5. The molecule has 1 fully saturated rings. The first-order valence-corrected chi connectivity index (χ1v) is 10.4. The monoisotopic (exact) mass is 438 g/mol. The summed E-state index contributed by atoms with van der Waals surface area (Å²) in [6.45, 7) is 5.11. The number of hydrogen-bond acceptors (Lipinski definition) is 6. The lowest BCUT2D eigenvalue weighted by Gasteiger charge is -2.17. The summed E-state index contributed by atoms with van der Waals surface area (Å²) in [5, 5.41) is 2.69. The molecule has 32 heavy (non-hydrogen) atoms. The van der Waals surface area contributed by atoms with Gasteiger partial charge in [-0.2, -0.15) is 0 Å². The van der Waals surface area contributed by atoms with E-state index in [1.54, 1.807) is 50.2 Å². The van der Waals surface area contributed by atoms with E-state index in [1.165, 1.54) is 4.90 Å². The smallest absolute Gasteiger partial charge is 0.338 e. The summed E-state index contributed by atoms with van der Waals surface area (Å²) < 4.78 is 10.3. The molecule has 1 saturated heterocycles. The number of hydrogen-bond donors (Lipinski definition) is 1. The highest BCUT2D eigenvalue weighted by molar-refractivity contribution is 6.00. The fraction of sp³-hybridized carbons (Fsp3) is 0.333. The minimum atomic E-state index is -0.667. The largest absolute Gasteiger partial charge is 0.459 e. The molecule has 0 bridgehead atoms. The van der Waals surface area contributed by atoms with Gasteiger partial charge in [-0.25, -0.2) is 4.79 Å². The number of benzene rings is 2. The van der Waals surface area contributed by atoms with Gasteiger partial charge in [0.05, 0.1) is 17.6 Å². The normalized spacial score (nSPS) is 15.6. The number of rotatable bonds is 7. The van der Waals surface area contributed by atoms with Crippen LogP contribution in [0.25, 0.3) is 0 Å². The van der Waals surface area contributed by atoms with Gasteiger partial charge in [0.1, 0.15) is 0 Å². The van der Waals surface area contributed by atoms with Gasteiger partial charge < -0.3 is 19.7 Å². The zero-order valence-electron chi connectivity index (χ0n) is 18.3. The van der Waals surface area contributed by atoms with Crippen LogP contribution in [0.3, 0.4) is 0 Å². The van der Waals surface area contributed by atoms with E-state index in [9.17, 15) is 19.2 Å². The standard InChI is InChI=1S/C24H26N2O6/c1-15(2)32-24(30)17-8-10-19(11-9-17)26-13-18(12-22(26)28)23(29)31-14-21(27)25-20-7-5-4-6-16(20)3/h4-11,15,18H,12-14H2,1-3H3,(H,25,27)/t18-/m1/s1. The summed E-state index contributed by atoms with van der Waals surface area (Å²) in [5.74, 6) is -2.38. The van der Waals surface area contributed by atoms with Crippen LogP contribution in [0.4, 0.5) is 11.4 Å². The second-order valence-corrected chi connectivity index (χ2v) is 7.88. The molecule has 3 rings (SSSR count). The number of esters is 2. The van der Waals surface area contributed by atoms with Crippen molar-refractivity contribution in [3.8, 4) is 0 Å². The van der Waals surface area contributed by atoms with Crippen molar-refractivity contribution in [2.24, 2.45) is 5.92 Å². The molecule has 2 aromatic carbocycles. The van der Waals surface area contributed by atoms with Crippen molar-refractivity contribution in [1.29, 1.82) is 0 Å². The maximum atomic E-state index is 12.4. The van der Waals surface area contributed by atoms with E-state index in [4.69, 9.17) is 9.47 Å². The number of para-hydroxylation sites is 1. The summed E-state index contributed by atoms with van der Waals surface area (Å²) >= 11 is 0. The van der Waals surface area contributed by atoms with Gasteiger partial charge in [0.25, 0.3) is 5.91 Å². The van der Waals surface area contributed by atoms with Gasteiger partial charge in [0.2, 0.25) is 5.91 Å². The number of nitrogens with zero attached hydrogens (tertiary/aromatic N) is 1. The van der Waals surface area contributed by atoms with E-state index in [0.717, 1.165) is 5.56 Å². The lowest BCUT2D eigenvalue weighted by atomic mass is 10.1. The van der Waals surface area contributed by atoms with Crippen LogP contribution in [0, 0.1) is 12.8 Å². The predicted molar refractivity (Wildman–Crippen MR) is 118 cm³/mol. The molecule has 2 aromatic rings. The number of carbonyl (C=O) groups excluding carboxylic acids is 4. The maximum Gasteiger partial charge on any atom is 0.338 e. The minimum Gasteiger partial charge on any atom is -0.459 e. The van der Waals surface area contributed by atoms with Crippen molar-refractivity contribution < 1.29 is 28.7 Å². The lowest BCUT2D eigenvalue weighted by molar-refractivity contribution is -0.151. The Morgan fingerprint density at radius 1 is 1.09 bits per heavy atom. The highest BCUT2D eigenvalue weighted by Crippen LogP contribution is 2.26. The van der Waals surface area contributed by atoms with Crippen molar-refractivity contribution in [2.75, 3.05) is 23.4 Å². The molecule has 0 spiro atoms. The minimum absolute atomic E-state index is 0.00458. The van der Waals surface area contributed by atoms with E-state index in [-0.39, 0.29) is 25.0 Å². The van der Waals surface area contributed by atoms with E-state index in [2.05, 4.69) is 5.32 Å². The van der Waals surface area contributed by atoms with Gasteiger partial charge in [0, 0.05) is 24.3 Å². The van der Waals surface area contributed by atoms with Crippen LogP contribution in [0.1, 0.15) is 36.2 Å². The number of aryl methyl sites for hydroxylation is 1. The molecule has 0 unspecified atom stereocenters. The molecule has 0 aliphatic carbocycles. The summed E-state index contributed by atoms with van der Waals surface area (Å²) in [6, 6.07) is 13.7. The molecule has 1 aliphatic heterocycles. The van der Waals surface area contributed by atoms with Crippen LogP contribution in [0.2, 0.25) is 0 Å². The Bertz CT molecular complexity index is 1020. The highest BCUT2D eigenvalue weighted by Gasteiger charge is 2.36. The number of anilines is 2. The Morgan fingerprint density at radius 2 is 1.78 bits per heavy atom. The number of nitrogens with one attached hydrogen (secondary N) is 1. The van der Waals surface area contributed by atoms with Crippen molar-refractivity contribution >= 4 is 35.1 Å². The molecule has 8 nitrogen and oxygen atoms in total. The van der Waals surface area contributed by atoms with Gasteiger partial charge >= 0.3 is 11.9 Å². The molecular formula is C24H26N2O6. The van der Waals surface area contributed by atoms with Crippen LogP contribution in [0.5, 0.6) is 0 Å². The first-order chi connectivity index (χ1) is 15.2. The first-order valence-electron chi connectivity index (χ1n) is 10.4. The third-order valence-electron chi connectivity index (χ3n) is 4.98. The van der Waals surface area contributed by atoms with Gasteiger partial charge in [-0.15, -0.1) is 0 Å². The summed E-state index contributed by atoms with van der Waals surface area (Å²) in [7, 11) is 0. The molecule has 1 heterocycles. The Hall–Kier alpha value is -3.68. The van der Waals surface area contributed by atoms with Gasteiger partial charge in [0.15, 0.2) is 6.61 Å². The summed E-state index contributed by atoms with van der Waals surface area (Å²) in [4.78, 5) is 50.3. The topological polar surface area (TPSA) is 102 Å². The molecule has 8 heteroatoms. The molecule has 168 valence electrons. The summed E-state index contributed by atoms with van der Waals surface area (Å²) in [5.41, 5.74) is 2.50. The van der Waals surface area contributed by atoms with E-state index in [1.807, 2.05) is 19.1 Å². The fourth-order valence-electron chi connectivity index (χ4n) is 3.33. The second-order valence-electron chi connectivity index (χ2n) is 7.88. The Kier molecular flexibility index (Phi) is 7.25. The molecule has 1 aliphatic rings. The third kappa shape index (κ3) is 5.72. The van der Waals surface area contributed by atoms with E-state index in [0.29, 0.717) is 16.9 Å². The van der Waals surface area contributed by atoms with Crippen molar-refractivity contribution in [3.05, 3.63) is 59.7 Å². The van der Waals surface area contributed by atoms with Crippen molar-refractivity contribution in [1.82, 2.24) is 0 Å². The molecule has 0 radical (unpaired) electrons.